The van der Waals surface area contributed by atoms with Gasteiger partial charge in [0, 0.05) is 32.5 Å². The molecule has 0 aliphatic carbocycles. The minimum atomic E-state index is -0.530. The van der Waals surface area contributed by atoms with Gasteiger partial charge in [-0.25, -0.2) is 4.79 Å². The number of hydrogen-bond acceptors (Lipinski definition) is 5. The van der Waals surface area contributed by atoms with E-state index in [0.29, 0.717) is 36.9 Å². The highest BCUT2D eigenvalue weighted by atomic mass is 16.5. The van der Waals surface area contributed by atoms with E-state index >= 15 is 0 Å². The maximum absolute atomic E-state index is 12.8. The molecule has 1 atom stereocenters. The molecule has 8 nitrogen and oxygen atoms in total. The molecule has 158 valence electrons. The summed E-state index contributed by atoms with van der Waals surface area (Å²) in [6, 6.07) is 2.86. The van der Waals surface area contributed by atoms with Gasteiger partial charge in [-0.05, 0) is 35.6 Å². The second-order valence-electron chi connectivity index (χ2n) is 7.88. The molecule has 1 N–H and O–H groups in total. The molecule has 3 rings (SSSR count). The summed E-state index contributed by atoms with van der Waals surface area (Å²) in [5.41, 5.74) is 1.91. The van der Waals surface area contributed by atoms with Crippen LogP contribution in [0.3, 0.4) is 0 Å². The molecule has 29 heavy (non-hydrogen) atoms. The summed E-state index contributed by atoms with van der Waals surface area (Å²) in [6.45, 7) is 5.22. The lowest BCUT2D eigenvalue weighted by Gasteiger charge is -2.29. The molecule has 1 aromatic carbocycles. The number of methoxy groups -OCH3 is 2. The Morgan fingerprint density at radius 2 is 1.83 bits per heavy atom. The quantitative estimate of drug-likeness (QED) is 0.670. The van der Waals surface area contributed by atoms with E-state index in [1.165, 1.54) is 4.90 Å². The monoisotopic (exact) mass is 403 g/mol. The first kappa shape index (κ1) is 21.0. The van der Waals surface area contributed by atoms with Gasteiger partial charge in [-0.3, -0.25) is 14.5 Å². The number of rotatable bonds is 8. The van der Waals surface area contributed by atoms with Crippen LogP contribution < -0.4 is 14.8 Å². The summed E-state index contributed by atoms with van der Waals surface area (Å²) in [5.74, 6) is 1.31. The van der Waals surface area contributed by atoms with Crippen LogP contribution in [0.5, 0.6) is 11.5 Å². The number of nitrogens with one attached hydrogen (secondary N) is 1. The van der Waals surface area contributed by atoms with Crippen molar-refractivity contribution < 1.29 is 23.9 Å². The number of fused-ring (bicyclic) bond motifs is 2. The second-order valence-corrected chi connectivity index (χ2v) is 7.88. The highest BCUT2D eigenvalue weighted by molar-refractivity contribution is 6.04. The maximum atomic E-state index is 12.8. The Balaban J connectivity index is 1.65. The van der Waals surface area contributed by atoms with E-state index in [1.807, 2.05) is 12.1 Å². The summed E-state index contributed by atoms with van der Waals surface area (Å²) in [5, 5.41) is 2.84. The lowest BCUT2D eigenvalue weighted by Crippen LogP contribution is -2.40. The average molecular weight is 403 g/mol. The first-order chi connectivity index (χ1) is 13.8. The molecule has 2 aliphatic heterocycles. The fourth-order valence-corrected chi connectivity index (χ4v) is 3.77. The molecule has 0 unspecified atom stereocenters. The number of ether oxygens (including phenoxy) is 2. The summed E-state index contributed by atoms with van der Waals surface area (Å²) >= 11 is 0. The predicted octanol–water partition coefficient (Wildman–Crippen LogP) is 1.95. The number of benzene rings is 1. The molecule has 1 aromatic rings. The standard InChI is InChI=1S/C21H29N3O5/c1-13(2)5-7-22-19(25)6-8-23-20(26)16-9-14-10-17(28-3)18(29-4)11-15(14)12-24(16)21(23)27/h10-11,13,16H,5-9,12H2,1-4H3,(H,22,25)/t16-/m0/s1. The van der Waals surface area contributed by atoms with Crippen molar-refractivity contribution in [2.45, 2.75) is 45.7 Å². The van der Waals surface area contributed by atoms with Crippen LogP contribution in [0.1, 0.15) is 37.8 Å². The molecule has 4 amide bonds. The lowest BCUT2D eigenvalue weighted by molar-refractivity contribution is -0.129. The van der Waals surface area contributed by atoms with Crippen LogP contribution in [-0.4, -0.2) is 61.0 Å². The Bertz CT molecular complexity index is 757. The first-order valence-corrected chi connectivity index (χ1v) is 9.98. The van der Waals surface area contributed by atoms with Gasteiger partial charge in [-0.2, -0.15) is 0 Å². The number of imide groups is 1. The normalized spacial score (nSPS) is 18.0. The van der Waals surface area contributed by atoms with Gasteiger partial charge in [0.05, 0.1) is 14.2 Å². The Morgan fingerprint density at radius 3 is 2.45 bits per heavy atom. The molecule has 0 aromatic heterocycles. The van der Waals surface area contributed by atoms with Crippen LogP contribution >= 0.6 is 0 Å². The van der Waals surface area contributed by atoms with E-state index in [4.69, 9.17) is 9.47 Å². The molecule has 1 fully saturated rings. The fourth-order valence-electron chi connectivity index (χ4n) is 3.77. The average Bonchev–Trinajstić information content (AvgIpc) is 2.92. The van der Waals surface area contributed by atoms with Crippen LogP contribution in [0.2, 0.25) is 0 Å². The summed E-state index contributed by atoms with van der Waals surface area (Å²) < 4.78 is 10.7. The molecule has 0 saturated carbocycles. The van der Waals surface area contributed by atoms with Gasteiger partial charge in [0.1, 0.15) is 6.04 Å². The third kappa shape index (κ3) is 4.31. The third-order valence-electron chi connectivity index (χ3n) is 5.47. The molecular weight excluding hydrogens is 374 g/mol. The van der Waals surface area contributed by atoms with Gasteiger partial charge in [0.2, 0.25) is 5.91 Å². The first-order valence-electron chi connectivity index (χ1n) is 9.98. The van der Waals surface area contributed by atoms with E-state index < -0.39 is 6.04 Å². The summed E-state index contributed by atoms with van der Waals surface area (Å²) in [7, 11) is 3.13. The van der Waals surface area contributed by atoms with Crippen LogP contribution in [0, 0.1) is 5.92 Å². The van der Waals surface area contributed by atoms with Crippen molar-refractivity contribution in [2.75, 3.05) is 27.3 Å². The molecule has 2 heterocycles. The predicted molar refractivity (Wildman–Crippen MR) is 107 cm³/mol. The Labute approximate surface area is 171 Å². The van der Waals surface area contributed by atoms with Gasteiger partial charge in [-0.1, -0.05) is 13.8 Å². The highest BCUT2D eigenvalue weighted by Gasteiger charge is 2.47. The van der Waals surface area contributed by atoms with Crippen molar-refractivity contribution in [1.29, 1.82) is 0 Å². The van der Waals surface area contributed by atoms with Crippen molar-refractivity contribution in [2.24, 2.45) is 5.92 Å². The Kier molecular flexibility index (Phi) is 6.30. The summed E-state index contributed by atoms with van der Waals surface area (Å²) in [4.78, 5) is 40.4. The van der Waals surface area contributed by atoms with Gasteiger partial charge in [-0.15, -0.1) is 0 Å². The number of nitrogens with zero attached hydrogens (tertiary/aromatic N) is 2. The van der Waals surface area contributed by atoms with E-state index in [0.717, 1.165) is 17.5 Å². The van der Waals surface area contributed by atoms with Crippen molar-refractivity contribution in [3.8, 4) is 11.5 Å². The fraction of sp³-hybridized carbons (Fsp3) is 0.571. The van der Waals surface area contributed by atoms with Gasteiger partial charge in [0.15, 0.2) is 11.5 Å². The molecular formula is C21H29N3O5. The van der Waals surface area contributed by atoms with Crippen molar-refractivity contribution in [1.82, 2.24) is 15.1 Å². The molecule has 0 spiro atoms. The van der Waals surface area contributed by atoms with Gasteiger partial charge < -0.3 is 19.7 Å². The number of carbonyl (C=O) groups excluding carboxylic acids is 3. The van der Waals surface area contributed by atoms with E-state index in [9.17, 15) is 14.4 Å². The number of hydrogen-bond donors (Lipinski definition) is 1. The van der Waals surface area contributed by atoms with E-state index in [-0.39, 0.29) is 30.8 Å². The molecule has 8 heteroatoms. The van der Waals surface area contributed by atoms with Crippen LogP contribution in [0.15, 0.2) is 12.1 Å². The zero-order valence-electron chi connectivity index (χ0n) is 17.5. The maximum Gasteiger partial charge on any atom is 0.327 e. The van der Waals surface area contributed by atoms with Crippen LogP contribution in [0.25, 0.3) is 0 Å². The zero-order valence-corrected chi connectivity index (χ0v) is 17.5. The van der Waals surface area contributed by atoms with Crippen molar-refractivity contribution in [3.05, 3.63) is 23.3 Å². The van der Waals surface area contributed by atoms with Crippen molar-refractivity contribution >= 4 is 17.8 Å². The SMILES string of the molecule is COc1cc2c(cc1OC)CN1C(=O)N(CCC(=O)NCCC(C)C)C(=O)[C@@H]1C2. The van der Waals surface area contributed by atoms with Gasteiger partial charge in [0.25, 0.3) is 5.91 Å². The lowest BCUT2D eigenvalue weighted by atomic mass is 9.94. The number of amides is 4. The highest BCUT2D eigenvalue weighted by Crippen LogP contribution is 2.37. The number of carbonyl (C=O) groups is 3. The van der Waals surface area contributed by atoms with E-state index in [2.05, 4.69) is 19.2 Å². The third-order valence-corrected chi connectivity index (χ3v) is 5.47. The van der Waals surface area contributed by atoms with E-state index in [1.54, 1.807) is 19.1 Å². The second kappa shape index (κ2) is 8.71. The zero-order chi connectivity index (χ0) is 21.1. The van der Waals surface area contributed by atoms with Gasteiger partial charge >= 0.3 is 6.03 Å². The minimum absolute atomic E-state index is 0.0984. The molecule has 0 radical (unpaired) electrons. The largest absolute Gasteiger partial charge is 0.493 e. The number of urea groups is 1. The topological polar surface area (TPSA) is 88.2 Å². The molecule has 1 saturated heterocycles. The van der Waals surface area contributed by atoms with Crippen LogP contribution in [-0.2, 0) is 22.6 Å². The Hall–Kier alpha value is -2.77. The molecule has 2 aliphatic rings. The molecule has 0 bridgehead atoms. The Morgan fingerprint density at radius 1 is 1.17 bits per heavy atom. The summed E-state index contributed by atoms with van der Waals surface area (Å²) in [6.07, 6.45) is 1.44. The minimum Gasteiger partial charge on any atom is -0.493 e. The smallest absolute Gasteiger partial charge is 0.327 e. The van der Waals surface area contributed by atoms with Crippen molar-refractivity contribution in [3.63, 3.8) is 0 Å². The van der Waals surface area contributed by atoms with Crippen LogP contribution in [0.4, 0.5) is 4.79 Å².